The van der Waals surface area contributed by atoms with Crippen LogP contribution < -0.4 is 0 Å². The fourth-order valence-corrected chi connectivity index (χ4v) is 2.17. The summed E-state index contributed by atoms with van der Waals surface area (Å²) < 4.78 is 0. The number of carboxylic acids is 1. The minimum Gasteiger partial charge on any atom is -0.481 e. The zero-order valence-electron chi connectivity index (χ0n) is 12.2. The summed E-state index contributed by atoms with van der Waals surface area (Å²) in [5.41, 5.74) is 0.764. The summed E-state index contributed by atoms with van der Waals surface area (Å²) in [5, 5.41) is 19.5. The number of non-ortho nitro benzene ring substituents is 1. The molecule has 0 aromatic heterocycles. The van der Waals surface area contributed by atoms with E-state index < -0.39 is 16.9 Å². The molecule has 114 valence electrons. The van der Waals surface area contributed by atoms with Crippen molar-refractivity contribution < 1.29 is 19.6 Å². The van der Waals surface area contributed by atoms with E-state index in [0.717, 1.165) is 0 Å². The Morgan fingerprint density at radius 1 is 1.43 bits per heavy atom. The molecule has 1 atom stereocenters. The van der Waals surface area contributed by atoms with E-state index in [2.05, 4.69) is 0 Å². The number of hydrogen-bond acceptors (Lipinski definition) is 4. The van der Waals surface area contributed by atoms with Gasteiger partial charge in [0.1, 0.15) is 0 Å². The number of benzene rings is 1. The highest BCUT2D eigenvalue weighted by molar-refractivity contribution is 5.96. The van der Waals surface area contributed by atoms with Gasteiger partial charge in [-0.15, -0.1) is 0 Å². The summed E-state index contributed by atoms with van der Waals surface area (Å²) in [7, 11) is 0. The lowest BCUT2D eigenvalue weighted by Crippen LogP contribution is -2.40. The molecule has 1 amide bonds. The molecular weight excluding hydrogens is 276 g/mol. The van der Waals surface area contributed by atoms with Crippen molar-refractivity contribution in [1.29, 1.82) is 0 Å². The normalized spacial score (nSPS) is 11.8. The number of amides is 1. The number of nitro groups is 1. The van der Waals surface area contributed by atoms with Gasteiger partial charge in [0.15, 0.2) is 0 Å². The molecular formula is C14H18N2O5. The number of aryl methyl sites for hydroxylation is 1. The quantitative estimate of drug-likeness (QED) is 0.640. The molecule has 0 spiro atoms. The first-order valence-corrected chi connectivity index (χ1v) is 6.55. The minimum atomic E-state index is -0.978. The molecule has 7 nitrogen and oxygen atoms in total. The average Bonchev–Trinajstić information content (AvgIpc) is 2.38. The van der Waals surface area contributed by atoms with Crippen LogP contribution in [0.2, 0.25) is 0 Å². The third-order valence-electron chi connectivity index (χ3n) is 3.25. The number of aliphatic carboxylic acids is 1. The van der Waals surface area contributed by atoms with Crippen molar-refractivity contribution in [3.63, 3.8) is 0 Å². The summed E-state index contributed by atoms with van der Waals surface area (Å²) in [5.74, 6) is -1.30. The molecule has 7 heteroatoms. The molecule has 0 radical (unpaired) electrons. The Kier molecular flexibility index (Phi) is 5.40. The Labute approximate surface area is 122 Å². The molecule has 1 aromatic rings. The van der Waals surface area contributed by atoms with Crippen LogP contribution in [0.25, 0.3) is 0 Å². The summed E-state index contributed by atoms with van der Waals surface area (Å²) in [4.78, 5) is 34.9. The first-order chi connectivity index (χ1) is 9.77. The molecule has 1 aromatic carbocycles. The zero-order chi connectivity index (χ0) is 16.2. The summed E-state index contributed by atoms with van der Waals surface area (Å²) in [6.07, 6.45) is -0.147. The van der Waals surface area contributed by atoms with Crippen molar-refractivity contribution in [2.45, 2.75) is 33.2 Å². The summed E-state index contributed by atoms with van der Waals surface area (Å²) in [6, 6.07) is 3.57. The predicted octanol–water partition coefficient (Wildman–Crippen LogP) is 2.23. The van der Waals surface area contributed by atoms with Crippen LogP contribution in [0.4, 0.5) is 5.69 Å². The molecule has 0 aliphatic rings. The second-order valence-corrected chi connectivity index (χ2v) is 4.79. The number of carboxylic acid groups (broad SMARTS) is 1. The average molecular weight is 294 g/mol. The molecule has 0 saturated carbocycles. The lowest BCUT2D eigenvalue weighted by molar-refractivity contribution is -0.384. The van der Waals surface area contributed by atoms with Gasteiger partial charge in [-0.25, -0.2) is 0 Å². The highest BCUT2D eigenvalue weighted by Gasteiger charge is 2.23. The topological polar surface area (TPSA) is 101 Å². The minimum absolute atomic E-state index is 0.0781. The van der Waals surface area contributed by atoms with E-state index >= 15 is 0 Å². The van der Waals surface area contributed by atoms with E-state index in [9.17, 15) is 19.7 Å². The van der Waals surface area contributed by atoms with Crippen molar-refractivity contribution in [2.24, 2.45) is 0 Å². The van der Waals surface area contributed by atoms with E-state index in [0.29, 0.717) is 17.7 Å². The number of rotatable bonds is 6. The maximum Gasteiger partial charge on any atom is 0.305 e. The smallest absolute Gasteiger partial charge is 0.305 e. The molecule has 1 unspecified atom stereocenters. The van der Waals surface area contributed by atoms with Crippen molar-refractivity contribution in [3.8, 4) is 0 Å². The van der Waals surface area contributed by atoms with Crippen LogP contribution in [0, 0.1) is 17.0 Å². The molecule has 0 saturated heterocycles. The van der Waals surface area contributed by atoms with Crippen molar-refractivity contribution in [3.05, 3.63) is 39.4 Å². The lowest BCUT2D eigenvalue weighted by Gasteiger charge is -2.27. The lowest BCUT2D eigenvalue weighted by atomic mass is 10.1. The molecule has 1 N–H and O–H groups in total. The Balaban J connectivity index is 3.05. The van der Waals surface area contributed by atoms with Crippen LogP contribution in [0.1, 0.15) is 36.2 Å². The van der Waals surface area contributed by atoms with E-state index in [-0.39, 0.29) is 18.0 Å². The fourth-order valence-electron chi connectivity index (χ4n) is 2.17. The van der Waals surface area contributed by atoms with Gasteiger partial charge >= 0.3 is 5.97 Å². The Hall–Kier alpha value is -2.44. The van der Waals surface area contributed by atoms with Crippen molar-refractivity contribution in [1.82, 2.24) is 4.90 Å². The van der Waals surface area contributed by atoms with Crippen LogP contribution in [-0.2, 0) is 4.79 Å². The van der Waals surface area contributed by atoms with Gasteiger partial charge in [0.05, 0.1) is 11.3 Å². The van der Waals surface area contributed by atoms with Crippen LogP contribution in [0.5, 0.6) is 0 Å². The molecule has 1 rings (SSSR count). The first-order valence-electron chi connectivity index (χ1n) is 6.55. The highest BCUT2D eigenvalue weighted by Crippen LogP contribution is 2.20. The van der Waals surface area contributed by atoms with Gasteiger partial charge in [0.2, 0.25) is 0 Å². The van der Waals surface area contributed by atoms with Crippen LogP contribution in [0.15, 0.2) is 18.2 Å². The van der Waals surface area contributed by atoms with Crippen molar-refractivity contribution >= 4 is 17.6 Å². The third-order valence-corrected chi connectivity index (χ3v) is 3.25. The number of carbonyl (C=O) groups excluding carboxylic acids is 1. The maximum absolute atomic E-state index is 12.5. The third kappa shape index (κ3) is 4.01. The second-order valence-electron chi connectivity index (χ2n) is 4.79. The SMILES string of the molecule is CCN(C(=O)c1ccc([N+](=O)[O-])cc1C)C(C)CC(=O)O. The van der Waals surface area contributed by atoms with E-state index in [1.807, 2.05) is 0 Å². The van der Waals surface area contributed by atoms with Crippen LogP contribution in [0.3, 0.4) is 0 Å². The first kappa shape index (κ1) is 16.6. The highest BCUT2D eigenvalue weighted by atomic mass is 16.6. The summed E-state index contributed by atoms with van der Waals surface area (Å²) in [6.45, 7) is 5.41. The van der Waals surface area contributed by atoms with Crippen molar-refractivity contribution in [2.75, 3.05) is 6.54 Å². The number of hydrogen-bond donors (Lipinski definition) is 1. The predicted molar refractivity (Wildman–Crippen MR) is 76.3 cm³/mol. The molecule has 0 aliphatic heterocycles. The van der Waals surface area contributed by atoms with Crippen LogP contribution >= 0.6 is 0 Å². The molecule has 0 bridgehead atoms. The number of carbonyl (C=O) groups is 2. The molecule has 0 fully saturated rings. The largest absolute Gasteiger partial charge is 0.481 e. The molecule has 0 heterocycles. The van der Waals surface area contributed by atoms with Gasteiger partial charge in [0.25, 0.3) is 11.6 Å². The van der Waals surface area contributed by atoms with Gasteiger partial charge < -0.3 is 10.0 Å². The Morgan fingerprint density at radius 3 is 2.48 bits per heavy atom. The van der Waals surface area contributed by atoms with Gasteiger partial charge in [-0.2, -0.15) is 0 Å². The second kappa shape index (κ2) is 6.83. The van der Waals surface area contributed by atoms with Crippen LogP contribution in [-0.4, -0.2) is 39.4 Å². The van der Waals surface area contributed by atoms with E-state index in [1.165, 1.54) is 23.1 Å². The van der Waals surface area contributed by atoms with E-state index in [1.54, 1.807) is 20.8 Å². The maximum atomic E-state index is 12.5. The van der Waals surface area contributed by atoms with Gasteiger partial charge in [-0.05, 0) is 32.4 Å². The molecule has 0 aliphatic carbocycles. The number of nitro benzene ring substituents is 1. The number of nitrogens with zero attached hydrogens (tertiary/aromatic N) is 2. The van der Waals surface area contributed by atoms with E-state index in [4.69, 9.17) is 5.11 Å². The Bertz CT molecular complexity index is 570. The monoisotopic (exact) mass is 294 g/mol. The standard InChI is InChI=1S/C14H18N2O5/c1-4-15(10(3)8-13(17)18)14(19)12-6-5-11(16(20)21)7-9(12)2/h5-7,10H,4,8H2,1-3H3,(H,17,18). The van der Waals surface area contributed by atoms with Gasteiger partial charge in [0, 0.05) is 30.3 Å². The molecule has 21 heavy (non-hydrogen) atoms. The zero-order valence-corrected chi connectivity index (χ0v) is 12.2. The van der Waals surface area contributed by atoms with Gasteiger partial charge in [-0.1, -0.05) is 0 Å². The fraction of sp³-hybridized carbons (Fsp3) is 0.429. The summed E-state index contributed by atoms with van der Waals surface area (Å²) >= 11 is 0. The van der Waals surface area contributed by atoms with Gasteiger partial charge in [-0.3, -0.25) is 19.7 Å². The Morgan fingerprint density at radius 2 is 2.05 bits per heavy atom.